The topological polar surface area (TPSA) is 63.9 Å². The minimum Gasteiger partial charge on any atom is -0.334 e. The van der Waals surface area contributed by atoms with Crippen molar-refractivity contribution in [2.24, 2.45) is 12.5 Å². The van der Waals surface area contributed by atoms with Crippen LogP contribution in [0.1, 0.15) is 38.4 Å². The van der Waals surface area contributed by atoms with Gasteiger partial charge in [0.15, 0.2) is 5.82 Å². The molecule has 2 aromatic heterocycles. The van der Waals surface area contributed by atoms with Crippen molar-refractivity contribution in [3.8, 4) is 11.5 Å². The lowest BCUT2D eigenvalue weighted by Gasteiger charge is -2.31. The minimum absolute atomic E-state index is 0.0484. The number of carbonyl (C=O) groups is 1. The summed E-state index contributed by atoms with van der Waals surface area (Å²) in [6.07, 6.45) is 8.91. The number of hydrogen-bond donors (Lipinski definition) is 0. The molecule has 1 unspecified atom stereocenters. The second-order valence-corrected chi connectivity index (χ2v) is 7.13. The minimum atomic E-state index is -0.575. The number of rotatable bonds is 4. The van der Waals surface area contributed by atoms with Crippen molar-refractivity contribution >= 4 is 17.5 Å². The first-order valence-corrected chi connectivity index (χ1v) is 8.64. The Morgan fingerprint density at radius 3 is 2.88 bits per heavy atom. The van der Waals surface area contributed by atoms with Crippen LogP contribution in [0.4, 0.5) is 0 Å². The molecule has 0 aliphatic carbocycles. The second-order valence-electron chi connectivity index (χ2n) is 6.87. The van der Waals surface area contributed by atoms with Gasteiger partial charge in [-0.3, -0.25) is 9.78 Å². The van der Waals surface area contributed by atoms with E-state index in [1.54, 1.807) is 18.6 Å². The largest absolute Gasteiger partial charge is 0.334 e. The van der Waals surface area contributed by atoms with E-state index >= 15 is 0 Å². The number of halogens is 1. The zero-order valence-corrected chi connectivity index (χ0v) is 15.0. The molecule has 3 rings (SSSR count). The van der Waals surface area contributed by atoms with Gasteiger partial charge in [-0.05, 0) is 26.7 Å². The van der Waals surface area contributed by atoms with Crippen LogP contribution in [-0.2, 0) is 11.8 Å². The number of nitrogens with zero attached hydrogens (tertiary/aromatic N) is 5. The van der Waals surface area contributed by atoms with Crippen LogP contribution < -0.4 is 0 Å². The van der Waals surface area contributed by atoms with E-state index in [0.717, 1.165) is 36.6 Å². The van der Waals surface area contributed by atoms with Gasteiger partial charge in [0.2, 0.25) is 5.91 Å². The van der Waals surface area contributed by atoms with Crippen LogP contribution in [0.3, 0.4) is 0 Å². The molecule has 1 aliphatic heterocycles. The molecular formula is C17H22ClN5O. The molecule has 24 heavy (non-hydrogen) atoms. The highest BCUT2D eigenvalue weighted by molar-refractivity contribution is 6.19. The Kier molecular flexibility index (Phi) is 4.58. The molecule has 1 amide bonds. The third kappa shape index (κ3) is 3.02. The molecule has 1 atom stereocenters. The zero-order valence-electron chi connectivity index (χ0n) is 14.2. The monoisotopic (exact) mass is 347 g/mol. The molecule has 0 bridgehead atoms. The highest BCUT2D eigenvalue weighted by Gasteiger charge is 2.38. The normalized spacial score (nSPS) is 18.2. The molecule has 0 aromatic carbocycles. The zero-order chi connectivity index (χ0) is 17.3. The van der Waals surface area contributed by atoms with Gasteiger partial charge in [0.05, 0.1) is 29.5 Å². The Hall–Kier alpha value is -1.95. The maximum atomic E-state index is 12.8. The van der Waals surface area contributed by atoms with Crippen molar-refractivity contribution in [2.75, 3.05) is 12.4 Å². The first-order valence-electron chi connectivity index (χ1n) is 8.11. The van der Waals surface area contributed by atoms with Crippen LogP contribution in [0, 0.1) is 5.41 Å². The standard InChI is InChI=1S/C17H22ClN5O/c1-17(2,11-18)16(24)23-7-4-5-14(23)12-9-19-10-13(21-12)15-20-6-8-22(15)3/h6,8-10,14H,4-5,7,11H2,1-3H3. The lowest BCUT2D eigenvalue weighted by atomic mass is 9.93. The molecule has 2 aromatic rings. The summed E-state index contributed by atoms with van der Waals surface area (Å²) in [5.74, 6) is 1.14. The molecule has 1 aliphatic rings. The molecule has 1 fully saturated rings. The fraction of sp³-hybridized carbons (Fsp3) is 0.529. The van der Waals surface area contributed by atoms with E-state index in [4.69, 9.17) is 16.6 Å². The van der Waals surface area contributed by atoms with Crippen molar-refractivity contribution in [3.63, 3.8) is 0 Å². The smallest absolute Gasteiger partial charge is 0.229 e. The number of aromatic nitrogens is 4. The Morgan fingerprint density at radius 1 is 1.42 bits per heavy atom. The predicted molar refractivity (Wildman–Crippen MR) is 92.4 cm³/mol. The summed E-state index contributed by atoms with van der Waals surface area (Å²) < 4.78 is 1.90. The van der Waals surface area contributed by atoms with Gasteiger partial charge in [0.1, 0.15) is 5.69 Å². The van der Waals surface area contributed by atoms with Gasteiger partial charge in [0, 0.05) is 31.9 Å². The summed E-state index contributed by atoms with van der Waals surface area (Å²) in [5, 5.41) is 0. The van der Waals surface area contributed by atoms with Crippen LogP contribution in [0.2, 0.25) is 0 Å². The van der Waals surface area contributed by atoms with Crippen LogP contribution in [0.25, 0.3) is 11.5 Å². The second kappa shape index (κ2) is 6.51. The number of alkyl halides is 1. The highest BCUT2D eigenvalue weighted by Crippen LogP contribution is 2.35. The fourth-order valence-corrected chi connectivity index (χ4v) is 3.14. The van der Waals surface area contributed by atoms with Crippen LogP contribution in [0.5, 0.6) is 0 Å². The molecule has 6 nitrogen and oxygen atoms in total. The van der Waals surface area contributed by atoms with E-state index < -0.39 is 5.41 Å². The Bertz CT molecular complexity index is 742. The van der Waals surface area contributed by atoms with Gasteiger partial charge in [-0.25, -0.2) is 9.97 Å². The van der Waals surface area contributed by atoms with Gasteiger partial charge in [0.25, 0.3) is 0 Å². The summed E-state index contributed by atoms with van der Waals surface area (Å²) in [6, 6.07) is -0.0484. The Labute approximate surface area is 146 Å². The van der Waals surface area contributed by atoms with Gasteiger partial charge >= 0.3 is 0 Å². The lowest BCUT2D eigenvalue weighted by molar-refractivity contribution is -0.140. The molecule has 0 radical (unpaired) electrons. The number of likely N-dealkylation sites (tertiary alicyclic amines) is 1. The van der Waals surface area contributed by atoms with Crippen molar-refractivity contribution in [1.82, 2.24) is 24.4 Å². The van der Waals surface area contributed by atoms with Crippen LogP contribution in [-0.4, -0.2) is 42.8 Å². The number of imidazole rings is 1. The number of hydrogen-bond acceptors (Lipinski definition) is 4. The predicted octanol–water partition coefficient (Wildman–Crippen LogP) is 2.81. The van der Waals surface area contributed by atoms with E-state index in [-0.39, 0.29) is 11.9 Å². The molecular weight excluding hydrogens is 326 g/mol. The molecule has 0 spiro atoms. The highest BCUT2D eigenvalue weighted by atomic mass is 35.5. The molecule has 128 valence electrons. The van der Waals surface area contributed by atoms with Crippen molar-refractivity contribution in [2.45, 2.75) is 32.7 Å². The van der Waals surface area contributed by atoms with E-state index in [0.29, 0.717) is 5.88 Å². The van der Waals surface area contributed by atoms with Gasteiger partial charge < -0.3 is 9.47 Å². The van der Waals surface area contributed by atoms with E-state index in [1.807, 2.05) is 36.6 Å². The van der Waals surface area contributed by atoms with Crippen molar-refractivity contribution < 1.29 is 4.79 Å². The maximum absolute atomic E-state index is 12.8. The van der Waals surface area contributed by atoms with Crippen LogP contribution >= 0.6 is 11.6 Å². The first-order chi connectivity index (χ1) is 11.4. The summed E-state index contributed by atoms with van der Waals surface area (Å²) in [4.78, 5) is 28.1. The van der Waals surface area contributed by atoms with E-state index in [1.165, 1.54) is 0 Å². The molecule has 7 heteroatoms. The third-order valence-corrected chi connectivity index (χ3v) is 5.14. The molecule has 3 heterocycles. The summed E-state index contributed by atoms with van der Waals surface area (Å²) in [5.41, 5.74) is 0.956. The number of amides is 1. The molecule has 0 N–H and O–H groups in total. The van der Waals surface area contributed by atoms with E-state index in [9.17, 15) is 4.79 Å². The third-order valence-electron chi connectivity index (χ3n) is 4.47. The average Bonchev–Trinajstić information content (AvgIpc) is 3.23. The quantitative estimate of drug-likeness (QED) is 0.798. The van der Waals surface area contributed by atoms with Crippen LogP contribution in [0.15, 0.2) is 24.8 Å². The van der Waals surface area contributed by atoms with E-state index in [2.05, 4.69) is 9.97 Å². The van der Waals surface area contributed by atoms with Crippen molar-refractivity contribution in [3.05, 3.63) is 30.5 Å². The summed E-state index contributed by atoms with van der Waals surface area (Å²) in [6.45, 7) is 4.50. The summed E-state index contributed by atoms with van der Waals surface area (Å²) in [7, 11) is 1.92. The first kappa shape index (κ1) is 16.9. The lowest BCUT2D eigenvalue weighted by Crippen LogP contribution is -2.41. The SMILES string of the molecule is Cn1ccnc1-c1cncc(C2CCCN2C(=O)C(C)(C)CCl)n1. The van der Waals surface area contributed by atoms with Gasteiger partial charge in [-0.1, -0.05) is 0 Å². The van der Waals surface area contributed by atoms with Gasteiger partial charge in [-0.2, -0.15) is 0 Å². The molecule has 1 saturated heterocycles. The number of carbonyl (C=O) groups excluding carboxylic acids is 1. The number of aryl methyl sites for hydroxylation is 1. The summed E-state index contributed by atoms with van der Waals surface area (Å²) >= 11 is 5.98. The maximum Gasteiger partial charge on any atom is 0.229 e. The van der Waals surface area contributed by atoms with Gasteiger partial charge in [-0.15, -0.1) is 11.6 Å². The average molecular weight is 348 g/mol. The van der Waals surface area contributed by atoms with Crippen molar-refractivity contribution in [1.29, 1.82) is 0 Å². The Balaban J connectivity index is 1.91. The fourth-order valence-electron chi connectivity index (χ4n) is 3.02. The Morgan fingerprint density at radius 2 is 2.21 bits per heavy atom. The molecule has 0 saturated carbocycles.